The van der Waals surface area contributed by atoms with Crippen LogP contribution in [0.5, 0.6) is 0 Å². The summed E-state index contributed by atoms with van der Waals surface area (Å²) in [5.41, 5.74) is 1.49. The standard InChI is InChI=1S/C28H36N8O/c1-5-20(15-29)13-22(30-3)36-17-27(8-6-9-27)23-24(31-18-32-25(23)36)34-11-12-35(19(2)16-34)26(37)28-14-21(28)7-10-33(28)4/h5,13,18-19,21H,3,6-12,14,16-17H2,1-2,4H3/b20-5+,22-13+. The highest BCUT2D eigenvalue weighted by Crippen LogP contribution is 2.57. The number of piperidine rings is 1. The van der Waals surface area contributed by atoms with Crippen LogP contribution < -0.4 is 9.80 Å². The lowest BCUT2D eigenvalue weighted by molar-refractivity contribution is -0.140. The number of piperazine rings is 1. The second kappa shape index (κ2) is 8.66. The number of hydrogen-bond acceptors (Lipinski definition) is 8. The number of hydrogen-bond donors (Lipinski definition) is 0. The molecule has 0 N–H and O–H groups in total. The predicted octanol–water partition coefficient (Wildman–Crippen LogP) is 2.86. The molecule has 3 unspecified atom stereocenters. The van der Waals surface area contributed by atoms with Crippen molar-refractivity contribution in [1.82, 2.24) is 19.8 Å². The third-order valence-corrected chi connectivity index (χ3v) is 9.65. The van der Waals surface area contributed by atoms with E-state index in [1.807, 2.05) is 6.92 Å². The van der Waals surface area contributed by atoms with Gasteiger partial charge in [-0.05, 0) is 71.8 Å². The number of rotatable bonds is 5. The lowest BCUT2D eigenvalue weighted by Crippen LogP contribution is -2.59. The first-order chi connectivity index (χ1) is 17.9. The number of amides is 1. The number of likely N-dealkylation sites (tertiary alicyclic amines) is 1. The van der Waals surface area contributed by atoms with Gasteiger partial charge in [0.1, 0.15) is 29.3 Å². The first kappa shape index (κ1) is 24.1. The topological polar surface area (TPSA) is 92.0 Å². The molecule has 194 valence electrons. The fraction of sp³-hybridized carbons (Fsp3) is 0.607. The van der Waals surface area contributed by atoms with Gasteiger partial charge in [-0.2, -0.15) is 5.26 Å². The maximum absolute atomic E-state index is 13.6. The van der Waals surface area contributed by atoms with Gasteiger partial charge in [-0.25, -0.2) is 15.0 Å². The first-order valence-electron chi connectivity index (χ1n) is 13.5. The van der Waals surface area contributed by atoms with Crippen molar-refractivity contribution in [2.75, 3.05) is 49.6 Å². The van der Waals surface area contributed by atoms with Gasteiger partial charge in [0.2, 0.25) is 5.91 Å². The number of nitriles is 1. The Morgan fingerprint density at radius 3 is 2.62 bits per heavy atom. The summed E-state index contributed by atoms with van der Waals surface area (Å²) in [5.74, 6) is 3.36. The highest BCUT2D eigenvalue weighted by molar-refractivity contribution is 5.91. The lowest BCUT2D eigenvalue weighted by Gasteiger charge is -2.45. The molecular weight excluding hydrogens is 464 g/mol. The summed E-state index contributed by atoms with van der Waals surface area (Å²) in [6, 6.07) is 2.33. The van der Waals surface area contributed by atoms with E-state index in [0.717, 1.165) is 63.5 Å². The molecule has 2 aliphatic carbocycles. The zero-order valence-corrected chi connectivity index (χ0v) is 22.2. The summed E-state index contributed by atoms with van der Waals surface area (Å²) in [6.45, 7) is 11.8. The molecule has 9 heteroatoms. The first-order valence-corrected chi connectivity index (χ1v) is 13.5. The quantitative estimate of drug-likeness (QED) is 0.349. The zero-order chi connectivity index (χ0) is 25.9. The second-order valence-electron chi connectivity index (χ2n) is 11.5. The van der Waals surface area contributed by atoms with Crippen LogP contribution in [-0.4, -0.2) is 83.7 Å². The van der Waals surface area contributed by atoms with Crippen molar-refractivity contribution in [3.63, 3.8) is 0 Å². The molecule has 37 heavy (non-hydrogen) atoms. The maximum atomic E-state index is 13.6. The highest BCUT2D eigenvalue weighted by atomic mass is 16.2. The van der Waals surface area contributed by atoms with E-state index in [9.17, 15) is 10.1 Å². The summed E-state index contributed by atoms with van der Waals surface area (Å²) >= 11 is 0. The monoisotopic (exact) mass is 500 g/mol. The summed E-state index contributed by atoms with van der Waals surface area (Å²) in [7, 11) is 2.11. The molecule has 1 aromatic rings. The molecule has 2 saturated heterocycles. The second-order valence-corrected chi connectivity index (χ2v) is 11.5. The SMILES string of the molecule is C=N/C(=C\C(C#N)=C/C)N1CC2(CCC2)c2c(N3CCN(C(=O)C45CC4CCN5C)C(C)C3)ncnc21. The van der Waals surface area contributed by atoms with Crippen LogP contribution in [0.2, 0.25) is 0 Å². The van der Waals surface area contributed by atoms with Gasteiger partial charge in [-0.15, -0.1) is 0 Å². The van der Waals surface area contributed by atoms with Crippen molar-refractivity contribution in [2.24, 2.45) is 10.9 Å². The van der Waals surface area contributed by atoms with Crippen LogP contribution in [0.25, 0.3) is 0 Å². The van der Waals surface area contributed by atoms with Gasteiger partial charge in [0.15, 0.2) is 0 Å². The molecule has 0 radical (unpaired) electrons. The van der Waals surface area contributed by atoms with E-state index in [1.54, 1.807) is 18.5 Å². The fourth-order valence-corrected chi connectivity index (χ4v) is 7.27. The fourth-order valence-electron chi connectivity index (χ4n) is 7.27. The maximum Gasteiger partial charge on any atom is 0.243 e. The number of likely N-dealkylation sites (N-methyl/N-ethyl adjacent to an activating group) is 1. The molecule has 0 bridgehead atoms. The number of anilines is 2. The van der Waals surface area contributed by atoms with Gasteiger partial charge in [0.25, 0.3) is 0 Å². The lowest BCUT2D eigenvalue weighted by atomic mass is 9.66. The van der Waals surface area contributed by atoms with Crippen LogP contribution in [0.3, 0.4) is 0 Å². The predicted molar refractivity (Wildman–Crippen MR) is 143 cm³/mol. The Morgan fingerprint density at radius 2 is 2.05 bits per heavy atom. The van der Waals surface area contributed by atoms with E-state index in [4.69, 9.17) is 9.97 Å². The molecule has 5 aliphatic rings. The normalized spacial score (nSPS) is 30.6. The summed E-state index contributed by atoms with van der Waals surface area (Å²) in [4.78, 5) is 36.4. The summed E-state index contributed by atoms with van der Waals surface area (Å²) < 4.78 is 0. The van der Waals surface area contributed by atoms with Crippen molar-refractivity contribution in [3.8, 4) is 6.07 Å². The van der Waals surface area contributed by atoms with Gasteiger partial charge in [-0.1, -0.05) is 12.5 Å². The Labute approximate surface area is 219 Å². The summed E-state index contributed by atoms with van der Waals surface area (Å²) in [6.07, 6.45) is 10.7. The summed E-state index contributed by atoms with van der Waals surface area (Å²) in [5, 5.41) is 9.46. The Balaban J connectivity index is 1.29. The van der Waals surface area contributed by atoms with Gasteiger partial charge < -0.3 is 14.7 Å². The van der Waals surface area contributed by atoms with Gasteiger partial charge in [-0.3, -0.25) is 9.69 Å². The van der Waals surface area contributed by atoms with E-state index in [1.165, 1.54) is 12.0 Å². The van der Waals surface area contributed by atoms with E-state index in [2.05, 4.69) is 51.4 Å². The van der Waals surface area contributed by atoms with Crippen molar-refractivity contribution in [2.45, 2.75) is 62.9 Å². The molecule has 1 spiro atoms. The van der Waals surface area contributed by atoms with E-state index >= 15 is 0 Å². The Morgan fingerprint density at radius 1 is 1.27 bits per heavy atom. The smallest absolute Gasteiger partial charge is 0.243 e. The number of fused-ring (bicyclic) bond motifs is 3. The highest BCUT2D eigenvalue weighted by Gasteiger charge is 2.67. The molecule has 3 aliphatic heterocycles. The average Bonchev–Trinajstić information content (AvgIpc) is 3.40. The van der Waals surface area contributed by atoms with Crippen molar-refractivity contribution >= 4 is 24.3 Å². The molecule has 1 amide bonds. The van der Waals surface area contributed by atoms with Crippen LogP contribution in [-0.2, 0) is 10.2 Å². The Hall–Kier alpha value is -3.25. The molecule has 4 heterocycles. The molecule has 1 aromatic heterocycles. The van der Waals surface area contributed by atoms with E-state index in [-0.39, 0.29) is 17.0 Å². The largest absolute Gasteiger partial charge is 0.352 e. The minimum atomic E-state index is -0.237. The van der Waals surface area contributed by atoms with Gasteiger partial charge >= 0.3 is 0 Å². The third kappa shape index (κ3) is 3.45. The van der Waals surface area contributed by atoms with Crippen molar-refractivity contribution in [1.29, 1.82) is 5.26 Å². The van der Waals surface area contributed by atoms with Crippen LogP contribution in [0, 0.1) is 17.2 Å². The minimum Gasteiger partial charge on any atom is -0.352 e. The number of carbonyl (C=O) groups is 1. The molecule has 6 rings (SSSR count). The van der Waals surface area contributed by atoms with Crippen molar-refractivity contribution in [3.05, 3.63) is 35.4 Å². The van der Waals surface area contributed by atoms with E-state index in [0.29, 0.717) is 29.8 Å². The van der Waals surface area contributed by atoms with Crippen LogP contribution in [0.4, 0.5) is 11.6 Å². The molecule has 0 aromatic carbocycles. The number of nitrogens with zero attached hydrogens (tertiary/aromatic N) is 8. The number of aromatic nitrogens is 2. The number of aliphatic imine (C=N–C) groups is 1. The minimum absolute atomic E-state index is 0.0125. The molecule has 9 nitrogen and oxygen atoms in total. The average molecular weight is 501 g/mol. The third-order valence-electron chi connectivity index (χ3n) is 9.65. The Bertz CT molecular complexity index is 1240. The molecule has 4 fully saturated rings. The zero-order valence-electron chi connectivity index (χ0n) is 22.2. The number of allylic oxidation sites excluding steroid dienone is 3. The Kier molecular flexibility index (Phi) is 5.64. The van der Waals surface area contributed by atoms with Crippen LogP contribution >= 0.6 is 0 Å². The molecule has 2 saturated carbocycles. The van der Waals surface area contributed by atoms with Crippen LogP contribution in [0.15, 0.2) is 34.9 Å². The van der Waals surface area contributed by atoms with Crippen LogP contribution in [0.1, 0.15) is 51.5 Å². The molecular formula is C28H36N8O. The van der Waals surface area contributed by atoms with Crippen molar-refractivity contribution < 1.29 is 4.79 Å². The van der Waals surface area contributed by atoms with E-state index < -0.39 is 0 Å². The van der Waals surface area contributed by atoms with Gasteiger partial charge in [0.05, 0.1) is 11.6 Å². The molecule has 3 atom stereocenters. The van der Waals surface area contributed by atoms with Gasteiger partial charge in [0, 0.05) is 43.2 Å². The number of carbonyl (C=O) groups excluding carboxylic acids is 1.